The van der Waals surface area contributed by atoms with Gasteiger partial charge in [-0.05, 0) is 4.53 Å². The number of halogens is 1. The van der Waals surface area contributed by atoms with Gasteiger partial charge in [-0.2, -0.15) is 0 Å². The summed E-state index contributed by atoms with van der Waals surface area (Å²) in [5, 5.41) is 0. The summed E-state index contributed by atoms with van der Waals surface area (Å²) in [4.78, 5) is 14.7. The summed E-state index contributed by atoms with van der Waals surface area (Å²) in [6, 6.07) is 0. The van der Waals surface area contributed by atoms with Crippen molar-refractivity contribution in [2.75, 3.05) is 0 Å². The molecule has 0 aliphatic rings. The minimum absolute atomic E-state index is 0. The SMILES string of the molecule is O=P(O)(O)OF.[Cr].[NaH]. The Hall–Kier alpha value is 1.57. The van der Waals surface area contributed by atoms with E-state index in [0.717, 1.165) is 0 Å². The van der Waals surface area contributed by atoms with Crippen molar-refractivity contribution in [2.24, 2.45) is 0 Å². The van der Waals surface area contributed by atoms with E-state index in [1.54, 1.807) is 0 Å². The summed E-state index contributed by atoms with van der Waals surface area (Å²) >= 11 is 0. The van der Waals surface area contributed by atoms with Gasteiger partial charge in [0.05, 0.1) is 0 Å². The molecule has 4 nitrogen and oxygen atoms in total. The molecule has 0 atom stereocenters. The Morgan fingerprint density at radius 3 is 1.62 bits per heavy atom. The fraction of sp³-hybridized carbons (Fsp3) is 0. The van der Waals surface area contributed by atoms with E-state index >= 15 is 0 Å². The molecule has 0 spiro atoms. The second-order valence-corrected chi connectivity index (χ2v) is 1.68. The molecule has 0 rings (SSSR count). The number of hydrogen-bond donors (Lipinski definition) is 2. The predicted octanol–water partition coefficient (Wildman–Crippen LogP) is -0.671. The second-order valence-electron chi connectivity index (χ2n) is 0.560. The molecule has 0 saturated heterocycles. The van der Waals surface area contributed by atoms with E-state index in [1.807, 2.05) is 0 Å². The van der Waals surface area contributed by atoms with Gasteiger partial charge in [-0.3, -0.25) is 0 Å². The quantitative estimate of drug-likeness (QED) is 0.427. The van der Waals surface area contributed by atoms with Crippen molar-refractivity contribution in [1.82, 2.24) is 0 Å². The van der Waals surface area contributed by atoms with Crippen LogP contribution in [0.1, 0.15) is 0 Å². The van der Waals surface area contributed by atoms with Gasteiger partial charge in [0.2, 0.25) is 0 Å². The molecule has 8 heavy (non-hydrogen) atoms. The van der Waals surface area contributed by atoms with Gasteiger partial charge in [0, 0.05) is 17.4 Å². The van der Waals surface area contributed by atoms with Gasteiger partial charge in [0.1, 0.15) is 0 Å². The van der Waals surface area contributed by atoms with Gasteiger partial charge in [-0.1, -0.05) is 4.73 Å². The average molecular weight is 192 g/mol. The molecule has 2 N–H and O–H groups in total. The van der Waals surface area contributed by atoms with Crippen LogP contribution in [0.4, 0.5) is 4.53 Å². The molecule has 46 valence electrons. The van der Waals surface area contributed by atoms with E-state index in [0.29, 0.717) is 0 Å². The Labute approximate surface area is 78.0 Å². The summed E-state index contributed by atoms with van der Waals surface area (Å²) < 4.78 is 21.4. The Kier molecular flexibility index (Phi) is 13.6. The van der Waals surface area contributed by atoms with Crippen LogP contribution in [0.2, 0.25) is 0 Å². The van der Waals surface area contributed by atoms with Crippen LogP contribution in [0, 0.1) is 0 Å². The maximum atomic E-state index is 10.2. The fourth-order valence-corrected chi connectivity index (χ4v) is 0. The van der Waals surface area contributed by atoms with Gasteiger partial charge >= 0.3 is 37.4 Å². The minimum atomic E-state index is -4.81. The number of rotatable bonds is 1. The molecule has 0 amide bonds. The normalized spacial score (nSPS) is 8.88. The van der Waals surface area contributed by atoms with E-state index in [9.17, 15) is 4.53 Å². The van der Waals surface area contributed by atoms with Crippen molar-refractivity contribution < 1.29 is 41.0 Å². The molecule has 0 heterocycles. The predicted molar refractivity (Wildman–Crippen MR) is 21.4 cm³/mol. The molecule has 0 aromatic rings. The van der Waals surface area contributed by atoms with Crippen molar-refractivity contribution in [1.29, 1.82) is 0 Å². The molecule has 0 aromatic carbocycles. The van der Waals surface area contributed by atoms with Gasteiger partial charge in [0.25, 0.3) is 0 Å². The van der Waals surface area contributed by atoms with Crippen molar-refractivity contribution in [3.05, 3.63) is 0 Å². The summed E-state index contributed by atoms with van der Waals surface area (Å²) in [7, 11) is -4.81. The first kappa shape index (κ1) is 16.3. The zero-order valence-electron chi connectivity index (χ0n) is 2.94. The van der Waals surface area contributed by atoms with Crippen LogP contribution in [0.3, 0.4) is 0 Å². The molecule has 8 heteroatoms. The van der Waals surface area contributed by atoms with Crippen molar-refractivity contribution in [3.63, 3.8) is 0 Å². The molecule has 0 saturated carbocycles. The van der Waals surface area contributed by atoms with Gasteiger partial charge < -0.3 is 9.79 Å². The van der Waals surface area contributed by atoms with Gasteiger partial charge in [0.15, 0.2) is 0 Å². The monoisotopic (exact) mass is 192 g/mol. The zero-order valence-corrected chi connectivity index (χ0v) is 5.11. The Morgan fingerprint density at radius 2 is 1.62 bits per heavy atom. The van der Waals surface area contributed by atoms with Crippen molar-refractivity contribution in [2.45, 2.75) is 0 Å². The first-order chi connectivity index (χ1) is 2.56. The molecule has 0 aliphatic carbocycles. The third-order valence-corrected chi connectivity index (χ3v) is 0.270. The van der Waals surface area contributed by atoms with E-state index in [4.69, 9.17) is 14.4 Å². The van der Waals surface area contributed by atoms with Crippen LogP contribution in [-0.2, 0) is 26.7 Å². The van der Waals surface area contributed by atoms with Crippen LogP contribution in [0.25, 0.3) is 0 Å². The molecule has 0 bridgehead atoms. The molecule has 0 aromatic heterocycles. The van der Waals surface area contributed by atoms with Crippen LogP contribution < -0.4 is 0 Å². The van der Waals surface area contributed by atoms with Crippen molar-refractivity contribution >= 4 is 37.4 Å². The summed E-state index contributed by atoms with van der Waals surface area (Å²) in [6.45, 7) is 0. The average Bonchev–Trinajstić information content (AvgIpc) is 1.35. The third kappa shape index (κ3) is 15.6. The van der Waals surface area contributed by atoms with E-state index in [2.05, 4.69) is 4.73 Å². The first-order valence-electron chi connectivity index (χ1n) is 0.919. The van der Waals surface area contributed by atoms with E-state index < -0.39 is 7.82 Å². The van der Waals surface area contributed by atoms with Gasteiger partial charge in [-0.15, -0.1) is 0 Å². The molecule has 0 unspecified atom stereocenters. The molecular formula is H3CrFNaO4P. The standard InChI is InChI=1S/Cr.FH2O4P.Na.H/c;1-5-6(2,3)4;;/h;(H2,2,3,4);;. The van der Waals surface area contributed by atoms with Crippen LogP contribution in [0.5, 0.6) is 0 Å². The first-order valence-corrected chi connectivity index (χ1v) is 2.45. The number of phosphoric acid groups is 1. The summed E-state index contributed by atoms with van der Waals surface area (Å²) in [6.07, 6.45) is 0. The Balaban J connectivity index is -0.000000125. The fourth-order valence-electron chi connectivity index (χ4n) is 0. The topological polar surface area (TPSA) is 66.8 Å². The summed E-state index contributed by atoms with van der Waals surface area (Å²) in [5.74, 6) is 0. The van der Waals surface area contributed by atoms with Crippen LogP contribution in [-0.4, -0.2) is 39.3 Å². The van der Waals surface area contributed by atoms with E-state index in [-0.39, 0.29) is 46.9 Å². The maximum absolute atomic E-state index is 10.2. The summed E-state index contributed by atoms with van der Waals surface area (Å²) in [5.41, 5.74) is 0. The third-order valence-electron chi connectivity index (χ3n) is 0.0899. The number of hydrogen-bond acceptors (Lipinski definition) is 2. The van der Waals surface area contributed by atoms with Gasteiger partial charge in [-0.25, -0.2) is 4.57 Å². The zero-order chi connectivity index (χ0) is 5.21. The Bertz CT molecular complexity index is 80.1. The Morgan fingerprint density at radius 1 is 1.50 bits per heavy atom. The van der Waals surface area contributed by atoms with E-state index in [1.165, 1.54) is 0 Å². The molecule has 0 aliphatic heterocycles. The van der Waals surface area contributed by atoms with Crippen molar-refractivity contribution in [3.8, 4) is 0 Å². The molecular weight excluding hydrogens is 189 g/mol. The van der Waals surface area contributed by atoms with Crippen LogP contribution >= 0.6 is 7.82 Å². The molecule has 0 radical (unpaired) electrons. The second kappa shape index (κ2) is 6.69. The van der Waals surface area contributed by atoms with Crippen LogP contribution in [0.15, 0.2) is 0 Å². The molecule has 0 fully saturated rings.